The summed E-state index contributed by atoms with van der Waals surface area (Å²) >= 11 is 0. The predicted octanol–water partition coefficient (Wildman–Crippen LogP) is 15.0. The molecule has 0 amide bonds. The van der Waals surface area contributed by atoms with E-state index in [0.29, 0.717) is 62.5 Å². The molecule has 0 spiro atoms. The average molecular weight is 1100 g/mol. The van der Waals surface area contributed by atoms with Gasteiger partial charge in [0.15, 0.2) is 0 Å². The molecule has 444 valence electrons. The van der Waals surface area contributed by atoms with Gasteiger partial charge in [0.1, 0.15) is 42.7 Å². The Balaban J connectivity index is 0.000000238. The molecule has 79 heavy (non-hydrogen) atoms. The van der Waals surface area contributed by atoms with E-state index in [-0.39, 0.29) is 47.6 Å². The third-order valence-corrected chi connectivity index (χ3v) is 16.4. The number of carbonyl (C=O) groups excluding carboxylic acids is 3. The van der Waals surface area contributed by atoms with Gasteiger partial charge in [-0.1, -0.05) is 106 Å². The van der Waals surface area contributed by atoms with E-state index in [0.717, 1.165) is 86.0 Å². The van der Waals surface area contributed by atoms with Crippen molar-refractivity contribution in [3.8, 4) is 17.2 Å². The van der Waals surface area contributed by atoms with Gasteiger partial charge in [0.25, 0.3) is 0 Å². The van der Waals surface area contributed by atoms with Crippen molar-refractivity contribution in [2.24, 2.45) is 34.0 Å². The smallest absolute Gasteiger partial charge is 0.313 e. The number of esters is 3. The first-order valence-corrected chi connectivity index (χ1v) is 29.5. The molecule has 13 heteroatoms. The fourth-order valence-corrected chi connectivity index (χ4v) is 10.2. The summed E-state index contributed by atoms with van der Waals surface area (Å²) in [5, 5.41) is 9.01. The van der Waals surface area contributed by atoms with Crippen LogP contribution in [0.5, 0.6) is 17.2 Å². The third-order valence-electron chi connectivity index (χ3n) is 16.4. The van der Waals surface area contributed by atoms with Gasteiger partial charge in [-0.15, -0.1) is 0 Å². The van der Waals surface area contributed by atoms with Crippen molar-refractivity contribution in [1.29, 1.82) is 0 Å². The molecule has 13 nitrogen and oxygen atoms in total. The van der Waals surface area contributed by atoms with Crippen molar-refractivity contribution in [3.63, 3.8) is 0 Å². The molecule has 1 saturated heterocycles. The number of methoxy groups -OCH3 is 3. The topological polar surface area (TPSA) is 155 Å². The molecule has 0 aromatic heterocycles. The van der Waals surface area contributed by atoms with E-state index in [9.17, 15) is 14.4 Å². The first-order valence-electron chi connectivity index (χ1n) is 29.5. The van der Waals surface area contributed by atoms with Gasteiger partial charge < -0.3 is 47.7 Å². The molecule has 1 heterocycles. The Kier molecular flexibility index (Phi) is 27.1. The number of hydrogen-bond donors (Lipinski definition) is 1. The Bertz CT molecular complexity index is 2250. The quantitative estimate of drug-likeness (QED) is 0.0392. The number of ether oxygens (including phenoxy) is 9. The third kappa shape index (κ3) is 20.7. The van der Waals surface area contributed by atoms with Crippen LogP contribution in [0.3, 0.4) is 0 Å². The van der Waals surface area contributed by atoms with Crippen LogP contribution in [-0.4, -0.2) is 82.2 Å². The molecule has 1 aliphatic heterocycles. The molecule has 8 atom stereocenters. The Morgan fingerprint density at radius 2 is 1.20 bits per heavy atom. The molecule has 7 rings (SSSR count). The summed E-state index contributed by atoms with van der Waals surface area (Å²) in [7, 11) is 5.03. The van der Waals surface area contributed by atoms with Gasteiger partial charge in [0.05, 0.1) is 42.7 Å². The van der Waals surface area contributed by atoms with E-state index in [2.05, 4.69) is 72.7 Å². The molecule has 0 radical (unpaired) electrons. The maximum Gasteiger partial charge on any atom is 0.313 e. The van der Waals surface area contributed by atoms with Crippen LogP contribution in [0.25, 0.3) is 0 Å². The van der Waals surface area contributed by atoms with Gasteiger partial charge in [0, 0.05) is 50.7 Å². The molecule has 4 aliphatic rings. The Labute approximate surface area is 475 Å². The standard InChI is InChI=1S/C24H34O5.C18H34O3.C14H20O4.C10H14O/c1-6-18(2)20-7-9-23(10-8-20)28-11-12-29-24-21(16-26-4)13-19(15-25-3)14-22(24)17-27-5;1-7-18(5,6)16(19)21-15(13-17(2,3)4)20-14-11-9-8-10-12-14;1-4-14(2,3)13(16)18-10-7-5-8-9(6-7)12(15)17-11(8)10;1-3-8(2)9-4-6-10(11)7-5-9/h7-10,13-14,18H,6,11-12,15-17H2,1-5H3;14-15H,7-13H2,1-6H3;7-11H,4-6H2,1-3H3;4-8,11H,3H2,1-2H3. The van der Waals surface area contributed by atoms with Crippen LogP contribution >= 0.6 is 0 Å². The summed E-state index contributed by atoms with van der Waals surface area (Å²) in [5.41, 5.74) is 4.84. The van der Waals surface area contributed by atoms with Crippen LogP contribution in [0, 0.1) is 34.0 Å². The fourth-order valence-electron chi connectivity index (χ4n) is 10.2. The Hall–Kier alpha value is -4.69. The van der Waals surface area contributed by atoms with Crippen molar-refractivity contribution in [2.45, 2.75) is 223 Å². The highest BCUT2D eigenvalue weighted by Crippen LogP contribution is 2.55. The van der Waals surface area contributed by atoms with Crippen molar-refractivity contribution < 1.29 is 62.1 Å². The SMILES string of the molecule is CCC(C)(C)C(=O)OC(CC(C)(C)C)OC1CCCCC1.CCC(C)(C)C(=O)OC1C2CC3C(=O)OC1C3C2.CCC(C)c1ccc(O)cc1.CCC(C)c1ccc(OCCOc2c(COC)cc(COC)cc2COC)cc1. The number of hydrogen-bond acceptors (Lipinski definition) is 13. The Morgan fingerprint density at radius 3 is 1.71 bits per heavy atom. The number of carbonyl (C=O) groups is 3. The molecular weight excluding hydrogens is 1000 g/mol. The highest BCUT2D eigenvalue weighted by atomic mass is 16.7. The van der Waals surface area contributed by atoms with Gasteiger partial charge >= 0.3 is 17.9 Å². The molecule has 8 unspecified atom stereocenters. The number of benzene rings is 3. The van der Waals surface area contributed by atoms with Crippen LogP contribution in [0.15, 0.2) is 60.7 Å². The van der Waals surface area contributed by atoms with E-state index < -0.39 is 17.1 Å². The highest BCUT2D eigenvalue weighted by Gasteiger charge is 2.63. The van der Waals surface area contributed by atoms with Crippen LogP contribution in [-0.2, 0) is 67.4 Å². The van der Waals surface area contributed by atoms with Crippen LogP contribution < -0.4 is 9.47 Å². The summed E-state index contributed by atoms with van der Waals surface area (Å²) in [4.78, 5) is 36.1. The summed E-state index contributed by atoms with van der Waals surface area (Å²) in [6.45, 7) is 29.2. The molecule has 3 saturated carbocycles. The number of aromatic hydroxyl groups is 1. The normalized spacial score (nSPS) is 20.7. The molecule has 3 aromatic rings. The number of phenols is 1. The summed E-state index contributed by atoms with van der Waals surface area (Å²) < 4.78 is 50.8. The monoisotopic (exact) mass is 1100 g/mol. The lowest BCUT2D eigenvalue weighted by atomic mass is 9.87. The Morgan fingerprint density at radius 1 is 0.684 bits per heavy atom. The van der Waals surface area contributed by atoms with E-state index in [1.165, 1.54) is 30.4 Å². The lowest BCUT2D eigenvalue weighted by Crippen LogP contribution is -2.39. The van der Waals surface area contributed by atoms with Crippen LogP contribution in [0.2, 0.25) is 0 Å². The average Bonchev–Trinajstić information content (AvgIpc) is 4.29. The van der Waals surface area contributed by atoms with Gasteiger partial charge in [-0.25, -0.2) is 0 Å². The molecule has 4 fully saturated rings. The van der Waals surface area contributed by atoms with Gasteiger partial charge in [-0.3, -0.25) is 14.4 Å². The maximum atomic E-state index is 12.3. The molecular formula is C66H102O13. The minimum absolute atomic E-state index is 0.0779. The van der Waals surface area contributed by atoms with E-state index in [1.807, 2.05) is 65.8 Å². The van der Waals surface area contributed by atoms with Crippen LogP contribution in [0.4, 0.5) is 0 Å². The second-order valence-electron chi connectivity index (χ2n) is 24.8. The minimum Gasteiger partial charge on any atom is -0.508 e. The molecule has 3 aromatic carbocycles. The fraction of sp³-hybridized carbons (Fsp3) is 0.682. The number of rotatable bonds is 24. The second-order valence-corrected chi connectivity index (χ2v) is 24.8. The van der Waals surface area contributed by atoms with Crippen molar-refractivity contribution in [1.82, 2.24) is 0 Å². The van der Waals surface area contributed by atoms with E-state index >= 15 is 0 Å². The lowest BCUT2D eigenvalue weighted by Gasteiger charge is -2.33. The van der Waals surface area contributed by atoms with Gasteiger partial charge in [-0.05, 0) is 149 Å². The van der Waals surface area contributed by atoms with Crippen molar-refractivity contribution in [2.75, 3.05) is 34.5 Å². The number of phenolic OH excluding ortho intramolecular Hbond substituents is 1. The van der Waals surface area contributed by atoms with E-state index in [1.54, 1.807) is 33.5 Å². The van der Waals surface area contributed by atoms with Crippen molar-refractivity contribution >= 4 is 17.9 Å². The zero-order valence-corrected chi connectivity index (χ0v) is 51.3. The van der Waals surface area contributed by atoms with Gasteiger partial charge in [-0.2, -0.15) is 0 Å². The second kappa shape index (κ2) is 32.1. The highest BCUT2D eigenvalue weighted by molar-refractivity contribution is 5.78. The number of fused-ring (bicyclic) bond motifs is 1. The first-order chi connectivity index (χ1) is 37.4. The summed E-state index contributed by atoms with van der Waals surface area (Å²) in [6, 6.07) is 19.8. The summed E-state index contributed by atoms with van der Waals surface area (Å²) in [6.07, 6.45) is 11.8. The van der Waals surface area contributed by atoms with Crippen molar-refractivity contribution in [3.05, 3.63) is 88.5 Å². The summed E-state index contributed by atoms with van der Waals surface area (Å²) in [5.74, 6) is 3.46. The molecule has 3 aliphatic carbocycles. The largest absolute Gasteiger partial charge is 0.508 e. The zero-order chi connectivity index (χ0) is 58.5. The van der Waals surface area contributed by atoms with Gasteiger partial charge in [0.2, 0.25) is 6.29 Å². The lowest BCUT2D eigenvalue weighted by molar-refractivity contribution is -0.207. The predicted molar refractivity (Wildman–Crippen MR) is 311 cm³/mol. The first kappa shape index (κ1) is 66.8. The van der Waals surface area contributed by atoms with Crippen LogP contribution in [0.1, 0.15) is 207 Å². The van der Waals surface area contributed by atoms with E-state index in [4.69, 9.17) is 47.7 Å². The molecule has 1 N–H and O–H groups in total. The zero-order valence-electron chi connectivity index (χ0n) is 51.3. The molecule has 2 bridgehead atoms. The maximum absolute atomic E-state index is 12.3. The minimum atomic E-state index is -0.455.